The van der Waals surface area contributed by atoms with Crippen molar-refractivity contribution in [3.05, 3.63) is 29.3 Å². The van der Waals surface area contributed by atoms with Gasteiger partial charge in [-0.3, -0.25) is 4.79 Å². The number of carboxylic acids is 1. The van der Waals surface area contributed by atoms with Crippen molar-refractivity contribution in [2.45, 2.75) is 25.4 Å². The zero-order valence-corrected chi connectivity index (χ0v) is 10.5. The number of nitrogens with zero attached hydrogens (tertiary/aromatic N) is 1. The van der Waals surface area contributed by atoms with E-state index in [2.05, 4.69) is 0 Å². The molecule has 0 spiro atoms. The van der Waals surface area contributed by atoms with E-state index in [1.807, 2.05) is 0 Å². The molecule has 1 fully saturated rings. The van der Waals surface area contributed by atoms with Crippen LogP contribution in [-0.2, 0) is 16.0 Å². The van der Waals surface area contributed by atoms with Gasteiger partial charge >= 0.3 is 5.97 Å². The first kappa shape index (κ1) is 12.2. The molecule has 5 heteroatoms. The molecule has 5 nitrogen and oxygen atoms in total. The minimum Gasteiger partial charge on any atom is -0.478 e. The lowest BCUT2D eigenvalue weighted by atomic mass is 10.1. The highest BCUT2D eigenvalue weighted by Gasteiger charge is 2.31. The van der Waals surface area contributed by atoms with Crippen LogP contribution < -0.4 is 4.90 Å². The molecule has 19 heavy (non-hydrogen) atoms. The molecule has 0 aromatic heterocycles. The van der Waals surface area contributed by atoms with E-state index in [4.69, 9.17) is 9.84 Å². The summed E-state index contributed by atoms with van der Waals surface area (Å²) in [7, 11) is 0. The van der Waals surface area contributed by atoms with Gasteiger partial charge < -0.3 is 14.7 Å². The Hall–Kier alpha value is -1.88. The lowest BCUT2D eigenvalue weighted by Crippen LogP contribution is -2.34. The van der Waals surface area contributed by atoms with E-state index in [1.54, 1.807) is 23.1 Å². The van der Waals surface area contributed by atoms with Crippen molar-refractivity contribution < 1.29 is 19.4 Å². The third-order valence-electron chi connectivity index (χ3n) is 3.68. The van der Waals surface area contributed by atoms with Gasteiger partial charge in [-0.15, -0.1) is 0 Å². The molecule has 0 radical (unpaired) electrons. The summed E-state index contributed by atoms with van der Waals surface area (Å²) in [6, 6.07) is 4.85. The van der Waals surface area contributed by atoms with Crippen molar-refractivity contribution in [3.8, 4) is 0 Å². The highest BCUT2D eigenvalue weighted by atomic mass is 16.5. The van der Waals surface area contributed by atoms with Gasteiger partial charge in [0.2, 0.25) is 5.91 Å². The molecular weight excluding hydrogens is 246 g/mol. The predicted octanol–water partition coefficient (Wildman–Crippen LogP) is 1.45. The number of anilines is 1. The highest BCUT2D eigenvalue weighted by molar-refractivity contribution is 6.03. The fraction of sp³-hybridized carbons (Fsp3) is 0.429. The van der Waals surface area contributed by atoms with Crippen LogP contribution in [0.2, 0.25) is 0 Å². The maximum absolute atomic E-state index is 12.0. The SMILES string of the molecule is O=C(O)c1ccc2c(c1)N(CC1CCCO1)C(=O)C2. The van der Waals surface area contributed by atoms with E-state index in [-0.39, 0.29) is 17.6 Å². The molecule has 1 amide bonds. The first-order chi connectivity index (χ1) is 9.15. The van der Waals surface area contributed by atoms with E-state index in [9.17, 15) is 9.59 Å². The smallest absolute Gasteiger partial charge is 0.335 e. The molecule has 2 heterocycles. The van der Waals surface area contributed by atoms with Gasteiger partial charge in [0.1, 0.15) is 0 Å². The summed E-state index contributed by atoms with van der Waals surface area (Å²) in [6.45, 7) is 1.27. The normalized spacial score (nSPS) is 21.8. The predicted molar refractivity (Wildman–Crippen MR) is 68.4 cm³/mol. The summed E-state index contributed by atoms with van der Waals surface area (Å²) in [4.78, 5) is 24.7. The van der Waals surface area contributed by atoms with Gasteiger partial charge in [0.05, 0.1) is 24.6 Å². The van der Waals surface area contributed by atoms with E-state index >= 15 is 0 Å². The molecule has 0 bridgehead atoms. The number of benzene rings is 1. The van der Waals surface area contributed by atoms with Crippen LogP contribution >= 0.6 is 0 Å². The molecule has 1 aromatic rings. The average Bonchev–Trinajstić information content (AvgIpc) is 2.98. The van der Waals surface area contributed by atoms with Crippen molar-refractivity contribution in [2.24, 2.45) is 0 Å². The summed E-state index contributed by atoms with van der Waals surface area (Å²) in [5.74, 6) is -0.952. The molecule has 3 rings (SSSR count). The van der Waals surface area contributed by atoms with E-state index in [1.165, 1.54) is 0 Å². The van der Waals surface area contributed by atoms with Crippen molar-refractivity contribution in [2.75, 3.05) is 18.1 Å². The van der Waals surface area contributed by atoms with Crippen molar-refractivity contribution in [1.82, 2.24) is 0 Å². The molecule has 100 valence electrons. The number of aromatic carboxylic acids is 1. The second kappa shape index (κ2) is 4.66. The van der Waals surface area contributed by atoms with Gasteiger partial charge in [0.15, 0.2) is 0 Å². The summed E-state index contributed by atoms with van der Waals surface area (Å²) in [5.41, 5.74) is 1.83. The summed E-state index contributed by atoms with van der Waals surface area (Å²) in [5, 5.41) is 9.02. The number of rotatable bonds is 3. The fourth-order valence-corrected chi connectivity index (χ4v) is 2.68. The van der Waals surface area contributed by atoms with Crippen molar-refractivity contribution in [3.63, 3.8) is 0 Å². The molecular formula is C14H15NO4. The first-order valence-electron chi connectivity index (χ1n) is 6.43. The number of fused-ring (bicyclic) bond motifs is 1. The number of ether oxygens (including phenoxy) is 1. The van der Waals surface area contributed by atoms with Crippen LogP contribution in [0, 0.1) is 0 Å². The summed E-state index contributed by atoms with van der Waals surface area (Å²) in [6.07, 6.45) is 2.40. The molecule has 1 atom stereocenters. The van der Waals surface area contributed by atoms with Crippen LogP contribution in [0.15, 0.2) is 18.2 Å². The Morgan fingerprint density at radius 3 is 3.00 bits per heavy atom. The van der Waals surface area contributed by atoms with E-state index in [0.717, 1.165) is 30.7 Å². The minimum atomic E-state index is -0.973. The number of carbonyl (C=O) groups is 2. The lowest BCUT2D eigenvalue weighted by Gasteiger charge is -2.21. The van der Waals surface area contributed by atoms with Gasteiger partial charge in [-0.2, -0.15) is 0 Å². The third-order valence-corrected chi connectivity index (χ3v) is 3.68. The number of hydrogen-bond donors (Lipinski definition) is 1. The van der Waals surface area contributed by atoms with Gasteiger partial charge in [0, 0.05) is 12.3 Å². The maximum atomic E-state index is 12.0. The van der Waals surface area contributed by atoms with E-state index < -0.39 is 5.97 Å². The topological polar surface area (TPSA) is 66.8 Å². The van der Waals surface area contributed by atoms with Crippen molar-refractivity contribution in [1.29, 1.82) is 0 Å². The van der Waals surface area contributed by atoms with Crippen molar-refractivity contribution >= 4 is 17.6 Å². The molecule has 0 aliphatic carbocycles. The van der Waals surface area contributed by atoms with Crippen LogP contribution in [0.5, 0.6) is 0 Å². The number of amides is 1. The molecule has 1 aromatic carbocycles. The lowest BCUT2D eigenvalue weighted by molar-refractivity contribution is -0.117. The van der Waals surface area contributed by atoms with Crippen LogP contribution in [0.4, 0.5) is 5.69 Å². The maximum Gasteiger partial charge on any atom is 0.335 e. The Balaban J connectivity index is 1.88. The second-order valence-corrected chi connectivity index (χ2v) is 4.96. The van der Waals surface area contributed by atoms with E-state index in [0.29, 0.717) is 13.0 Å². The molecule has 1 N–H and O–H groups in total. The number of hydrogen-bond acceptors (Lipinski definition) is 3. The molecule has 2 aliphatic heterocycles. The zero-order chi connectivity index (χ0) is 13.4. The Morgan fingerprint density at radius 2 is 2.32 bits per heavy atom. The third kappa shape index (κ3) is 2.21. The molecule has 1 saturated heterocycles. The fourth-order valence-electron chi connectivity index (χ4n) is 2.68. The van der Waals surface area contributed by atoms with Gasteiger partial charge in [-0.1, -0.05) is 6.07 Å². The van der Waals surface area contributed by atoms with Crippen LogP contribution in [0.1, 0.15) is 28.8 Å². The highest BCUT2D eigenvalue weighted by Crippen LogP contribution is 2.31. The number of carboxylic acid groups (broad SMARTS) is 1. The Kier molecular flexibility index (Phi) is 2.98. The van der Waals surface area contributed by atoms with Crippen LogP contribution in [0.25, 0.3) is 0 Å². The minimum absolute atomic E-state index is 0.0213. The monoisotopic (exact) mass is 261 g/mol. The number of carbonyl (C=O) groups excluding carboxylic acids is 1. The molecule has 0 saturated carbocycles. The standard InChI is InChI=1S/C14H15NO4/c16-13-7-9-3-4-10(14(17)18)6-12(9)15(13)8-11-2-1-5-19-11/h3-4,6,11H,1-2,5,7-8H2,(H,17,18). The van der Waals surface area contributed by atoms with Crippen LogP contribution in [-0.4, -0.2) is 36.2 Å². The Bertz CT molecular complexity index is 534. The van der Waals surface area contributed by atoms with Gasteiger partial charge in [-0.25, -0.2) is 4.79 Å². The molecule has 1 unspecified atom stereocenters. The molecule has 2 aliphatic rings. The largest absolute Gasteiger partial charge is 0.478 e. The zero-order valence-electron chi connectivity index (χ0n) is 10.5. The van der Waals surface area contributed by atoms with Gasteiger partial charge in [-0.05, 0) is 30.5 Å². The quantitative estimate of drug-likeness (QED) is 0.894. The average molecular weight is 261 g/mol. The van der Waals surface area contributed by atoms with Gasteiger partial charge in [0.25, 0.3) is 0 Å². The summed E-state index contributed by atoms with van der Waals surface area (Å²) >= 11 is 0. The Labute approximate surface area is 110 Å². The second-order valence-electron chi connectivity index (χ2n) is 4.96. The Morgan fingerprint density at radius 1 is 1.47 bits per heavy atom. The van der Waals surface area contributed by atoms with Crippen LogP contribution in [0.3, 0.4) is 0 Å². The first-order valence-corrected chi connectivity index (χ1v) is 6.43. The summed E-state index contributed by atoms with van der Waals surface area (Å²) < 4.78 is 5.55.